The molecular formula is C28H32N2O3S. The number of carbonyl (C=O) groups is 2. The maximum Gasteiger partial charge on any atom is 0.254 e. The standard InChI is InChI=1S/C28H32N2O3S/c1-4-5-16-29(28(32)22-10-12-23(33-3)13-11-22)19-26(31)30-17-14-25-24(15-18-34-25)27(30)21-8-6-20(2)7-9-21/h6-13,15,18,27H,4-5,14,16-17,19H2,1-3H3. The Bertz CT molecular complexity index is 1120. The summed E-state index contributed by atoms with van der Waals surface area (Å²) >= 11 is 1.76. The van der Waals surface area contributed by atoms with Gasteiger partial charge in [-0.2, -0.15) is 0 Å². The molecule has 0 bridgehead atoms. The van der Waals surface area contributed by atoms with Gasteiger partial charge >= 0.3 is 0 Å². The third kappa shape index (κ3) is 5.17. The van der Waals surface area contributed by atoms with E-state index < -0.39 is 0 Å². The van der Waals surface area contributed by atoms with E-state index in [2.05, 4.69) is 49.6 Å². The molecule has 1 aliphatic rings. The van der Waals surface area contributed by atoms with Crippen molar-refractivity contribution in [3.05, 3.63) is 87.1 Å². The first-order chi connectivity index (χ1) is 16.5. The van der Waals surface area contributed by atoms with Gasteiger partial charge in [-0.1, -0.05) is 43.2 Å². The number of nitrogens with zero attached hydrogens (tertiary/aromatic N) is 2. The molecule has 4 rings (SSSR count). The Morgan fingerprint density at radius 2 is 1.82 bits per heavy atom. The van der Waals surface area contributed by atoms with E-state index in [0.29, 0.717) is 24.4 Å². The molecule has 0 saturated heterocycles. The Morgan fingerprint density at radius 1 is 1.09 bits per heavy atom. The third-order valence-corrected chi connectivity index (χ3v) is 7.41. The summed E-state index contributed by atoms with van der Waals surface area (Å²) in [5.74, 6) is 0.568. The highest BCUT2D eigenvalue weighted by Gasteiger charge is 2.34. The molecular weight excluding hydrogens is 444 g/mol. The fourth-order valence-electron chi connectivity index (χ4n) is 4.46. The molecule has 5 nitrogen and oxygen atoms in total. The van der Waals surface area contributed by atoms with Gasteiger partial charge < -0.3 is 14.5 Å². The molecule has 0 radical (unpaired) electrons. The summed E-state index contributed by atoms with van der Waals surface area (Å²) in [6.07, 6.45) is 2.66. The Hall–Kier alpha value is -3.12. The first-order valence-corrected chi connectivity index (χ1v) is 12.8. The van der Waals surface area contributed by atoms with Crippen LogP contribution in [0.15, 0.2) is 60.0 Å². The summed E-state index contributed by atoms with van der Waals surface area (Å²) < 4.78 is 5.22. The number of thiophene rings is 1. The fourth-order valence-corrected chi connectivity index (χ4v) is 5.37. The number of unbranched alkanes of at least 4 members (excludes halogenated alkanes) is 1. The highest BCUT2D eigenvalue weighted by Crippen LogP contribution is 2.38. The van der Waals surface area contributed by atoms with Gasteiger partial charge in [0.15, 0.2) is 0 Å². The second-order valence-electron chi connectivity index (χ2n) is 8.76. The number of methoxy groups -OCH3 is 1. The molecule has 0 fully saturated rings. The molecule has 2 amide bonds. The average Bonchev–Trinajstić information content (AvgIpc) is 3.35. The number of carbonyl (C=O) groups excluding carboxylic acids is 2. The monoisotopic (exact) mass is 476 g/mol. The number of hydrogen-bond donors (Lipinski definition) is 0. The number of fused-ring (bicyclic) bond motifs is 1. The van der Waals surface area contributed by atoms with Crippen LogP contribution in [0.25, 0.3) is 0 Å². The number of rotatable bonds is 8. The zero-order valence-electron chi connectivity index (χ0n) is 20.1. The average molecular weight is 477 g/mol. The van der Waals surface area contributed by atoms with Crippen LogP contribution >= 0.6 is 11.3 Å². The van der Waals surface area contributed by atoms with Crippen LogP contribution in [0.1, 0.15) is 57.7 Å². The van der Waals surface area contributed by atoms with Crippen molar-refractivity contribution < 1.29 is 14.3 Å². The van der Waals surface area contributed by atoms with Gasteiger partial charge in [0.25, 0.3) is 5.91 Å². The van der Waals surface area contributed by atoms with Crippen molar-refractivity contribution in [2.24, 2.45) is 0 Å². The lowest BCUT2D eigenvalue weighted by atomic mass is 9.92. The van der Waals surface area contributed by atoms with E-state index in [1.54, 1.807) is 47.6 Å². The summed E-state index contributed by atoms with van der Waals surface area (Å²) in [5.41, 5.74) is 4.08. The highest BCUT2D eigenvalue weighted by atomic mass is 32.1. The van der Waals surface area contributed by atoms with Gasteiger partial charge in [-0.3, -0.25) is 9.59 Å². The molecule has 3 aromatic rings. The van der Waals surface area contributed by atoms with Crippen molar-refractivity contribution in [1.29, 1.82) is 0 Å². The molecule has 34 heavy (non-hydrogen) atoms. The van der Waals surface area contributed by atoms with Crippen molar-refractivity contribution in [2.75, 3.05) is 26.7 Å². The number of benzene rings is 2. The molecule has 1 aliphatic heterocycles. The van der Waals surface area contributed by atoms with Gasteiger partial charge in [-0.25, -0.2) is 0 Å². The molecule has 178 valence electrons. The quantitative estimate of drug-likeness (QED) is 0.432. The lowest BCUT2D eigenvalue weighted by Gasteiger charge is -2.37. The lowest BCUT2D eigenvalue weighted by Crippen LogP contribution is -2.47. The van der Waals surface area contributed by atoms with E-state index in [0.717, 1.165) is 24.8 Å². The van der Waals surface area contributed by atoms with Crippen molar-refractivity contribution >= 4 is 23.2 Å². The minimum Gasteiger partial charge on any atom is -0.497 e. The fraction of sp³-hybridized carbons (Fsp3) is 0.357. The maximum atomic E-state index is 13.7. The van der Waals surface area contributed by atoms with Gasteiger partial charge in [-0.05, 0) is 66.6 Å². The van der Waals surface area contributed by atoms with Crippen LogP contribution < -0.4 is 4.74 Å². The topological polar surface area (TPSA) is 49.9 Å². The summed E-state index contributed by atoms with van der Waals surface area (Å²) in [6.45, 7) is 5.45. The molecule has 0 saturated carbocycles. The maximum absolute atomic E-state index is 13.7. The Kier molecular flexibility index (Phi) is 7.68. The Labute approximate surface area is 206 Å². The van der Waals surface area contributed by atoms with Crippen molar-refractivity contribution in [3.8, 4) is 5.75 Å². The molecule has 0 N–H and O–H groups in total. The van der Waals surface area contributed by atoms with Crippen molar-refractivity contribution in [2.45, 2.75) is 39.2 Å². The number of ether oxygens (including phenoxy) is 1. The zero-order chi connectivity index (χ0) is 24.1. The van der Waals surface area contributed by atoms with Crippen molar-refractivity contribution in [1.82, 2.24) is 9.80 Å². The molecule has 0 spiro atoms. The number of hydrogen-bond acceptors (Lipinski definition) is 4. The molecule has 1 aromatic heterocycles. The van der Waals surface area contributed by atoms with E-state index in [-0.39, 0.29) is 24.4 Å². The first-order valence-electron chi connectivity index (χ1n) is 11.9. The van der Waals surface area contributed by atoms with Gasteiger partial charge in [0.2, 0.25) is 5.91 Å². The van der Waals surface area contributed by atoms with Gasteiger partial charge in [0, 0.05) is 23.5 Å². The molecule has 1 unspecified atom stereocenters. The van der Waals surface area contributed by atoms with Crippen molar-refractivity contribution in [3.63, 3.8) is 0 Å². The van der Waals surface area contributed by atoms with Crippen LogP contribution in [0.4, 0.5) is 0 Å². The van der Waals surface area contributed by atoms with Gasteiger partial charge in [-0.15, -0.1) is 11.3 Å². The Morgan fingerprint density at radius 3 is 2.50 bits per heavy atom. The van der Waals surface area contributed by atoms with E-state index in [1.165, 1.54) is 16.0 Å². The van der Waals surface area contributed by atoms with Crippen LogP contribution in [0, 0.1) is 6.92 Å². The largest absolute Gasteiger partial charge is 0.497 e. The summed E-state index contributed by atoms with van der Waals surface area (Å²) in [4.78, 5) is 32.0. The second-order valence-corrected chi connectivity index (χ2v) is 9.76. The Balaban J connectivity index is 1.59. The molecule has 0 aliphatic carbocycles. The van der Waals surface area contributed by atoms with E-state index in [4.69, 9.17) is 4.74 Å². The summed E-state index contributed by atoms with van der Waals surface area (Å²) in [6, 6.07) is 17.5. The molecule has 2 heterocycles. The van der Waals surface area contributed by atoms with Gasteiger partial charge in [0.1, 0.15) is 12.3 Å². The number of amides is 2. The molecule has 2 aromatic carbocycles. The predicted molar refractivity (Wildman–Crippen MR) is 137 cm³/mol. The second kappa shape index (κ2) is 10.9. The van der Waals surface area contributed by atoms with E-state index >= 15 is 0 Å². The van der Waals surface area contributed by atoms with Crippen LogP contribution in [0.3, 0.4) is 0 Å². The van der Waals surface area contributed by atoms with Crippen LogP contribution in [-0.2, 0) is 11.2 Å². The summed E-state index contributed by atoms with van der Waals surface area (Å²) in [7, 11) is 1.60. The molecule has 1 atom stereocenters. The normalized spacial score (nSPS) is 15.0. The zero-order valence-corrected chi connectivity index (χ0v) is 20.9. The van der Waals surface area contributed by atoms with Gasteiger partial charge in [0.05, 0.1) is 13.2 Å². The lowest BCUT2D eigenvalue weighted by molar-refractivity contribution is -0.134. The smallest absolute Gasteiger partial charge is 0.254 e. The minimum absolute atomic E-state index is 0.0135. The third-order valence-electron chi connectivity index (χ3n) is 6.41. The van der Waals surface area contributed by atoms with E-state index in [9.17, 15) is 9.59 Å². The first kappa shape index (κ1) is 24.0. The molecule has 6 heteroatoms. The van der Waals surface area contributed by atoms with Crippen LogP contribution in [0.2, 0.25) is 0 Å². The highest BCUT2D eigenvalue weighted by molar-refractivity contribution is 7.10. The van der Waals surface area contributed by atoms with E-state index in [1.807, 2.05) is 4.90 Å². The van der Waals surface area contributed by atoms with Crippen LogP contribution in [-0.4, -0.2) is 48.4 Å². The minimum atomic E-state index is -0.121. The number of aryl methyl sites for hydroxylation is 1. The van der Waals surface area contributed by atoms with Crippen LogP contribution in [0.5, 0.6) is 5.75 Å². The summed E-state index contributed by atoms with van der Waals surface area (Å²) in [5, 5.41) is 2.11. The SMILES string of the molecule is CCCCN(CC(=O)N1CCc2sccc2C1c1ccc(C)cc1)C(=O)c1ccc(OC)cc1. The predicted octanol–water partition coefficient (Wildman–Crippen LogP) is 5.48.